The van der Waals surface area contributed by atoms with Crippen molar-refractivity contribution >= 4 is 16.7 Å². The molecule has 39 heavy (non-hydrogen) atoms. The van der Waals surface area contributed by atoms with Crippen LogP contribution < -0.4 is 4.74 Å². The fourth-order valence-electron chi connectivity index (χ4n) is 8.54. The van der Waals surface area contributed by atoms with Crippen molar-refractivity contribution in [1.29, 1.82) is 0 Å². The van der Waals surface area contributed by atoms with E-state index in [-0.39, 0.29) is 12.1 Å². The van der Waals surface area contributed by atoms with E-state index >= 15 is 0 Å². The molecule has 1 unspecified atom stereocenters. The number of hydrogen-bond acceptors (Lipinski definition) is 4. The number of aliphatic hydroxyl groups excluding tert-OH is 1. The molecule has 0 aliphatic heterocycles. The highest BCUT2D eigenvalue weighted by atomic mass is 16.5. The summed E-state index contributed by atoms with van der Waals surface area (Å²) >= 11 is 0. The van der Waals surface area contributed by atoms with Crippen molar-refractivity contribution in [2.24, 2.45) is 23.2 Å². The Hall–Kier alpha value is -2.85. The third-order valence-electron chi connectivity index (χ3n) is 9.76. The van der Waals surface area contributed by atoms with Crippen LogP contribution in [-0.4, -0.2) is 30.9 Å². The Labute approximate surface area is 232 Å². The van der Waals surface area contributed by atoms with Crippen molar-refractivity contribution in [3.63, 3.8) is 0 Å². The van der Waals surface area contributed by atoms with E-state index < -0.39 is 0 Å². The van der Waals surface area contributed by atoms with Crippen molar-refractivity contribution in [1.82, 2.24) is 0 Å². The average Bonchev–Trinajstić information content (AvgIpc) is 2.93. The summed E-state index contributed by atoms with van der Waals surface area (Å²) in [4.78, 5) is 11.9. The first kappa shape index (κ1) is 26.4. The van der Waals surface area contributed by atoms with Crippen molar-refractivity contribution in [3.8, 4) is 16.9 Å². The van der Waals surface area contributed by atoms with Gasteiger partial charge in [0.1, 0.15) is 5.75 Å². The highest BCUT2D eigenvalue weighted by Gasteiger charge is 2.51. The number of carbonyl (C=O) groups excluding carboxylic acids is 1. The van der Waals surface area contributed by atoms with E-state index in [1.54, 1.807) is 12.1 Å². The molecule has 4 aliphatic rings. The largest absolute Gasteiger partial charge is 0.493 e. The van der Waals surface area contributed by atoms with Gasteiger partial charge in [-0.25, -0.2) is 4.79 Å². The highest BCUT2D eigenvalue weighted by Crippen LogP contribution is 2.61. The van der Waals surface area contributed by atoms with E-state index in [1.165, 1.54) is 45.6 Å². The minimum atomic E-state index is -0.334. The summed E-state index contributed by atoms with van der Waals surface area (Å²) in [7, 11) is 1.40. The van der Waals surface area contributed by atoms with Crippen LogP contribution in [0.3, 0.4) is 0 Å². The van der Waals surface area contributed by atoms with Gasteiger partial charge in [-0.2, -0.15) is 0 Å². The number of methoxy groups -OCH3 is 1. The van der Waals surface area contributed by atoms with Gasteiger partial charge >= 0.3 is 5.97 Å². The summed E-state index contributed by atoms with van der Waals surface area (Å²) in [6.45, 7) is 0.649. The molecule has 1 N–H and O–H groups in total. The Morgan fingerprint density at radius 2 is 1.59 bits per heavy atom. The van der Waals surface area contributed by atoms with Gasteiger partial charge in [0.15, 0.2) is 0 Å². The van der Waals surface area contributed by atoms with E-state index in [4.69, 9.17) is 9.47 Å². The molecular formula is C35H42O4. The zero-order valence-corrected chi connectivity index (χ0v) is 23.2. The van der Waals surface area contributed by atoms with Crippen molar-refractivity contribution < 1.29 is 19.4 Å². The number of rotatable bonds is 11. The third kappa shape index (κ3) is 5.72. The lowest BCUT2D eigenvalue weighted by atomic mass is 9.48. The van der Waals surface area contributed by atoms with E-state index in [1.807, 2.05) is 24.3 Å². The summed E-state index contributed by atoms with van der Waals surface area (Å²) in [5.41, 5.74) is 3.06. The fourth-order valence-corrected chi connectivity index (χ4v) is 8.54. The molecule has 0 aromatic heterocycles. The zero-order chi connectivity index (χ0) is 26.8. The minimum absolute atomic E-state index is 0.151. The molecule has 4 heteroatoms. The van der Waals surface area contributed by atoms with Crippen LogP contribution in [0, 0.1) is 23.2 Å². The maximum atomic E-state index is 11.9. The first-order chi connectivity index (χ1) is 19.0. The molecule has 4 bridgehead atoms. The molecule has 4 nitrogen and oxygen atoms in total. The van der Waals surface area contributed by atoms with Crippen molar-refractivity contribution in [2.45, 2.75) is 76.7 Å². The number of esters is 1. The second-order valence-corrected chi connectivity index (χ2v) is 12.7. The van der Waals surface area contributed by atoms with Gasteiger partial charge in [0.05, 0.1) is 25.4 Å². The van der Waals surface area contributed by atoms with Gasteiger partial charge in [-0.05, 0) is 122 Å². The molecule has 0 radical (unpaired) electrons. The van der Waals surface area contributed by atoms with Gasteiger partial charge in [0.25, 0.3) is 0 Å². The molecule has 0 spiro atoms. The molecule has 4 saturated carbocycles. The SMILES string of the molecule is COC(=O)c1ccc(-c2c(OCCCCCC(O)CC34CC5CC(CC(C5)C3)C4)ccc3ccccc23)cc1. The number of aliphatic hydroxyl groups is 1. The van der Waals surface area contributed by atoms with Gasteiger partial charge in [-0.1, -0.05) is 48.9 Å². The third-order valence-corrected chi connectivity index (χ3v) is 9.76. The first-order valence-electron chi connectivity index (χ1n) is 15.0. The van der Waals surface area contributed by atoms with E-state index in [2.05, 4.69) is 24.3 Å². The number of carbonyl (C=O) groups is 1. The minimum Gasteiger partial charge on any atom is -0.493 e. The van der Waals surface area contributed by atoms with Crippen LogP contribution in [0.1, 0.15) is 81.0 Å². The molecular weight excluding hydrogens is 484 g/mol. The van der Waals surface area contributed by atoms with Crippen LogP contribution in [0.5, 0.6) is 5.75 Å². The summed E-state index contributed by atoms with van der Waals surface area (Å²) < 4.78 is 11.2. The Kier molecular flexibility index (Phi) is 7.66. The van der Waals surface area contributed by atoms with Crippen LogP contribution in [0.2, 0.25) is 0 Å². The van der Waals surface area contributed by atoms with E-state index in [0.717, 1.165) is 77.5 Å². The smallest absolute Gasteiger partial charge is 0.337 e. The maximum Gasteiger partial charge on any atom is 0.337 e. The lowest BCUT2D eigenvalue weighted by Gasteiger charge is -2.57. The van der Waals surface area contributed by atoms with Crippen LogP contribution in [0.15, 0.2) is 60.7 Å². The lowest BCUT2D eigenvalue weighted by molar-refractivity contribution is -0.0768. The predicted molar refractivity (Wildman–Crippen MR) is 156 cm³/mol. The summed E-state index contributed by atoms with van der Waals surface area (Å²) in [5, 5.41) is 13.2. The molecule has 4 aliphatic carbocycles. The monoisotopic (exact) mass is 526 g/mol. The fraction of sp³-hybridized carbons (Fsp3) is 0.514. The van der Waals surface area contributed by atoms with Gasteiger partial charge < -0.3 is 14.6 Å². The predicted octanol–water partition coefficient (Wildman–Crippen LogP) is 8.20. The van der Waals surface area contributed by atoms with Crippen LogP contribution in [-0.2, 0) is 4.74 Å². The van der Waals surface area contributed by atoms with Gasteiger partial charge in [-0.15, -0.1) is 0 Å². The van der Waals surface area contributed by atoms with Crippen molar-refractivity contribution in [3.05, 3.63) is 66.2 Å². The van der Waals surface area contributed by atoms with Crippen LogP contribution >= 0.6 is 0 Å². The van der Waals surface area contributed by atoms with Gasteiger partial charge in [0, 0.05) is 5.56 Å². The summed E-state index contributed by atoms with van der Waals surface area (Å²) in [6, 6.07) is 20.0. The number of fused-ring (bicyclic) bond motifs is 1. The van der Waals surface area contributed by atoms with Crippen LogP contribution in [0.25, 0.3) is 21.9 Å². The molecule has 0 heterocycles. The normalized spacial score (nSPS) is 26.1. The topological polar surface area (TPSA) is 55.8 Å². The lowest BCUT2D eigenvalue weighted by Crippen LogP contribution is -2.47. The average molecular weight is 527 g/mol. The maximum absolute atomic E-state index is 11.9. The second kappa shape index (κ2) is 11.3. The standard InChI is InChI=1S/C35H42O4/c1-38-34(37)29-12-10-28(11-13-29)33-31-9-5-4-7-27(31)14-15-32(33)39-16-6-2-3-8-30(36)23-35-20-24-17-25(21-35)19-26(18-24)22-35/h4-5,7,9-15,24-26,30,36H,2-3,6,8,16-23H2,1H3. The molecule has 0 amide bonds. The first-order valence-corrected chi connectivity index (χ1v) is 15.0. The Balaban J connectivity index is 1.03. The molecule has 206 valence electrons. The Morgan fingerprint density at radius 1 is 0.897 bits per heavy atom. The van der Waals surface area contributed by atoms with Crippen LogP contribution in [0.4, 0.5) is 0 Å². The number of unbranched alkanes of at least 4 members (excludes halogenated alkanes) is 2. The highest BCUT2D eigenvalue weighted by molar-refractivity contribution is 6.00. The molecule has 1 atom stereocenters. The van der Waals surface area contributed by atoms with Crippen molar-refractivity contribution in [2.75, 3.05) is 13.7 Å². The summed E-state index contributed by atoms with van der Waals surface area (Å²) in [5.74, 6) is 3.38. The Morgan fingerprint density at radius 3 is 2.28 bits per heavy atom. The quantitative estimate of drug-likeness (QED) is 0.202. The van der Waals surface area contributed by atoms with Gasteiger partial charge in [-0.3, -0.25) is 0 Å². The number of ether oxygens (including phenoxy) is 2. The van der Waals surface area contributed by atoms with E-state index in [0.29, 0.717) is 17.6 Å². The molecule has 3 aromatic rings. The second-order valence-electron chi connectivity index (χ2n) is 12.7. The number of benzene rings is 3. The molecule has 3 aromatic carbocycles. The van der Waals surface area contributed by atoms with E-state index in [9.17, 15) is 9.90 Å². The molecule has 0 saturated heterocycles. The Bertz CT molecular complexity index is 1260. The molecule has 7 rings (SSSR count). The molecule has 4 fully saturated rings. The summed E-state index contributed by atoms with van der Waals surface area (Å²) in [6.07, 6.45) is 13.4. The number of hydrogen-bond donors (Lipinski definition) is 1. The zero-order valence-electron chi connectivity index (χ0n) is 23.2. The van der Waals surface area contributed by atoms with Gasteiger partial charge in [0.2, 0.25) is 0 Å².